The summed E-state index contributed by atoms with van der Waals surface area (Å²) in [6.07, 6.45) is 102. The highest BCUT2D eigenvalue weighted by atomic mass is 31.2. The van der Waals surface area contributed by atoms with Crippen molar-refractivity contribution in [2.75, 3.05) is 40.9 Å². The first kappa shape index (κ1) is 91.7. The predicted octanol–water partition coefficient (Wildman–Crippen LogP) is 27.5. The Morgan fingerprint density at radius 3 is 0.860 bits per heavy atom. The summed E-state index contributed by atoms with van der Waals surface area (Å²) in [6.45, 7) is 4.87. The third-order valence-electron chi connectivity index (χ3n) is 19.6. The van der Waals surface area contributed by atoms with Crippen LogP contribution in [-0.2, 0) is 18.4 Å². The first-order valence-electron chi connectivity index (χ1n) is 41.9. The number of allylic oxidation sites excluding steroid dienone is 5. The van der Waals surface area contributed by atoms with Crippen LogP contribution in [0.5, 0.6) is 0 Å². The van der Waals surface area contributed by atoms with E-state index in [9.17, 15) is 19.4 Å². The fourth-order valence-electron chi connectivity index (χ4n) is 13.1. The molecule has 3 unspecified atom stereocenters. The molecule has 0 rings (SSSR count). The zero-order chi connectivity index (χ0) is 67.6. The van der Waals surface area contributed by atoms with Crippen LogP contribution < -0.4 is 5.32 Å². The highest BCUT2D eigenvalue weighted by Crippen LogP contribution is 2.43. The van der Waals surface area contributed by atoms with Gasteiger partial charge in [-0.2, -0.15) is 0 Å². The normalized spacial score (nSPS) is 13.6. The number of unbranched alkanes of at least 4 members (excludes halogenated alkanes) is 62. The summed E-state index contributed by atoms with van der Waals surface area (Å²) in [5, 5.41) is 14.0. The molecule has 0 saturated carbocycles. The van der Waals surface area contributed by atoms with Gasteiger partial charge in [-0.1, -0.05) is 416 Å². The first-order valence-corrected chi connectivity index (χ1v) is 43.4. The van der Waals surface area contributed by atoms with Gasteiger partial charge in [0.15, 0.2) is 0 Å². The van der Waals surface area contributed by atoms with E-state index in [2.05, 4.69) is 43.5 Å². The number of aliphatic hydroxyl groups excluding tert-OH is 1. The van der Waals surface area contributed by atoms with Crippen molar-refractivity contribution in [2.24, 2.45) is 0 Å². The van der Waals surface area contributed by atoms with E-state index in [1.807, 2.05) is 27.2 Å². The van der Waals surface area contributed by atoms with Gasteiger partial charge in [-0.15, -0.1) is 0 Å². The molecule has 3 atom stereocenters. The lowest BCUT2D eigenvalue weighted by Gasteiger charge is -2.25. The minimum Gasteiger partial charge on any atom is -0.387 e. The molecule has 0 saturated heterocycles. The first-order chi connectivity index (χ1) is 45.5. The summed E-state index contributed by atoms with van der Waals surface area (Å²) in [7, 11) is 1.58. The number of amides is 1. The van der Waals surface area contributed by atoms with Crippen molar-refractivity contribution in [3.63, 3.8) is 0 Å². The highest BCUT2D eigenvalue weighted by molar-refractivity contribution is 7.47. The van der Waals surface area contributed by atoms with Gasteiger partial charge in [0.1, 0.15) is 13.2 Å². The Morgan fingerprint density at radius 1 is 0.355 bits per heavy atom. The van der Waals surface area contributed by atoms with Crippen molar-refractivity contribution in [3.05, 3.63) is 36.5 Å². The Kier molecular flexibility index (Phi) is 73.9. The van der Waals surface area contributed by atoms with Crippen LogP contribution in [0.3, 0.4) is 0 Å². The number of hydrogen-bond acceptors (Lipinski definition) is 5. The lowest BCUT2D eigenvalue weighted by molar-refractivity contribution is -0.870. The van der Waals surface area contributed by atoms with E-state index in [-0.39, 0.29) is 19.1 Å². The SMILES string of the molecule is CCCCCCCCCC/C=C\CCCCCCCCCCCCCCCCCCCCCCCCCCCCCCCC(=O)NC(COP(=O)(O)OCC[N+](C)(C)C)C(O)/C=C/CC/C=C/CCCCCCCCCCCCCCCCCCCCCCCCCC. The Labute approximate surface area is 582 Å². The van der Waals surface area contributed by atoms with Gasteiger partial charge in [-0.25, -0.2) is 4.57 Å². The van der Waals surface area contributed by atoms with Crippen LogP contribution in [0, 0.1) is 0 Å². The third kappa shape index (κ3) is 77.9. The molecule has 0 fully saturated rings. The van der Waals surface area contributed by atoms with Crippen LogP contribution in [0.1, 0.15) is 444 Å². The maximum Gasteiger partial charge on any atom is 0.472 e. The maximum atomic E-state index is 13.1. The standard InChI is InChI=1S/C84H165N2O6P/c1-6-8-10-12-14-16-18-20-22-24-26-28-30-32-34-36-38-39-40-41-42-43-44-45-46-47-48-50-52-54-56-58-60-62-64-66-68-70-72-74-76-78-84(88)85-82(81-92-93(89,90)91-80-79-86(3,4)5)83(87)77-75-73-71-69-67-65-63-61-59-57-55-53-51-49-37-35-33-31-29-27-25-23-21-19-17-15-13-11-9-7-2/h24,26,67,69,75,77,82-83,87H,6-23,25,27-66,68,70-74,76,78-81H2,1-5H3,(H-,85,88,89,90)/p+1/b26-24-,69-67+,77-75+. The number of phosphoric ester groups is 1. The number of nitrogens with one attached hydrogen (secondary N) is 1. The number of carbonyl (C=O) groups is 1. The second kappa shape index (κ2) is 74.9. The zero-order valence-electron chi connectivity index (χ0n) is 63.5. The van der Waals surface area contributed by atoms with Gasteiger partial charge < -0.3 is 19.8 Å². The Balaban J connectivity index is 3.91. The van der Waals surface area contributed by atoms with Crippen molar-refractivity contribution in [2.45, 2.75) is 456 Å². The number of phosphoric acid groups is 1. The largest absolute Gasteiger partial charge is 0.472 e. The number of likely N-dealkylation sites (N-methyl/N-ethyl adjacent to an activating group) is 1. The molecule has 0 aliphatic carbocycles. The molecule has 552 valence electrons. The quantitative estimate of drug-likeness (QED) is 0.0243. The highest BCUT2D eigenvalue weighted by Gasteiger charge is 2.28. The van der Waals surface area contributed by atoms with Gasteiger partial charge in [0.2, 0.25) is 5.91 Å². The molecule has 0 spiro atoms. The molecule has 0 aliphatic heterocycles. The van der Waals surface area contributed by atoms with Crippen molar-refractivity contribution < 1.29 is 32.9 Å². The number of nitrogens with zero attached hydrogens (tertiary/aromatic N) is 1. The summed E-state index contributed by atoms with van der Waals surface area (Å²) in [5.41, 5.74) is 0. The van der Waals surface area contributed by atoms with E-state index >= 15 is 0 Å². The lowest BCUT2D eigenvalue weighted by Crippen LogP contribution is -2.45. The molecule has 0 aromatic carbocycles. The number of hydrogen-bond donors (Lipinski definition) is 3. The van der Waals surface area contributed by atoms with Crippen LogP contribution in [-0.4, -0.2) is 73.4 Å². The summed E-state index contributed by atoms with van der Waals surface area (Å²) in [4.78, 5) is 23.5. The van der Waals surface area contributed by atoms with Crippen molar-refractivity contribution in [1.82, 2.24) is 5.32 Å². The van der Waals surface area contributed by atoms with Crippen LogP contribution >= 0.6 is 7.82 Å². The maximum absolute atomic E-state index is 13.1. The number of rotatable bonds is 79. The molecular weight excluding hydrogens is 1160 g/mol. The molecule has 3 N–H and O–H groups in total. The number of aliphatic hydroxyl groups is 1. The second-order valence-corrected chi connectivity index (χ2v) is 31.7. The van der Waals surface area contributed by atoms with E-state index in [1.165, 1.54) is 385 Å². The third-order valence-corrected chi connectivity index (χ3v) is 20.6. The summed E-state index contributed by atoms with van der Waals surface area (Å²) in [6, 6.07) is -0.864. The molecule has 9 heteroatoms. The molecule has 1 amide bonds. The molecule has 0 bridgehead atoms. The van der Waals surface area contributed by atoms with Crippen LogP contribution in [0.2, 0.25) is 0 Å². The van der Waals surface area contributed by atoms with Crippen molar-refractivity contribution in [1.29, 1.82) is 0 Å². The average molecular weight is 1330 g/mol. The summed E-state index contributed by atoms with van der Waals surface area (Å²) >= 11 is 0. The van der Waals surface area contributed by atoms with E-state index in [0.29, 0.717) is 17.4 Å². The average Bonchev–Trinajstić information content (AvgIpc) is 2.75. The minimum atomic E-state index is -4.36. The molecule has 0 aromatic heterocycles. The minimum absolute atomic E-state index is 0.0587. The monoisotopic (exact) mass is 1330 g/mol. The molecule has 0 aliphatic rings. The van der Waals surface area contributed by atoms with Crippen molar-refractivity contribution >= 4 is 13.7 Å². The molecule has 0 heterocycles. The lowest BCUT2D eigenvalue weighted by atomic mass is 10.0. The summed E-state index contributed by atoms with van der Waals surface area (Å²) in [5.74, 6) is -0.177. The molecule has 93 heavy (non-hydrogen) atoms. The van der Waals surface area contributed by atoms with Gasteiger partial charge in [-0.05, 0) is 57.8 Å². The van der Waals surface area contributed by atoms with Gasteiger partial charge in [0.05, 0.1) is 39.9 Å². The zero-order valence-corrected chi connectivity index (χ0v) is 64.4. The fraction of sp³-hybridized carbons (Fsp3) is 0.917. The summed E-state index contributed by atoms with van der Waals surface area (Å²) < 4.78 is 23.9. The van der Waals surface area contributed by atoms with E-state index in [1.54, 1.807) is 6.08 Å². The van der Waals surface area contributed by atoms with Crippen LogP contribution in [0.25, 0.3) is 0 Å². The van der Waals surface area contributed by atoms with Gasteiger partial charge in [-0.3, -0.25) is 13.8 Å². The predicted molar refractivity (Wildman–Crippen MR) is 411 cm³/mol. The van der Waals surface area contributed by atoms with E-state index in [4.69, 9.17) is 9.05 Å². The Hall–Kier alpha value is -1.28. The van der Waals surface area contributed by atoms with E-state index in [0.717, 1.165) is 38.5 Å². The van der Waals surface area contributed by atoms with Gasteiger partial charge >= 0.3 is 7.82 Å². The van der Waals surface area contributed by atoms with Crippen LogP contribution in [0.4, 0.5) is 0 Å². The van der Waals surface area contributed by atoms with Gasteiger partial charge in [0.25, 0.3) is 0 Å². The molecular formula is C84H166N2O6P+. The smallest absolute Gasteiger partial charge is 0.387 e. The molecule has 0 radical (unpaired) electrons. The molecule has 0 aromatic rings. The second-order valence-electron chi connectivity index (χ2n) is 30.2. The Morgan fingerprint density at radius 2 is 0.591 bits per heavy atom. The topological polar surface area (TPSA) is 105 Å². The van der Waals surface area contributed by atoms with Crippen LogP contribution in [0.15, 0.2) is 36.5 Å². The van der Waals surface area contributed by atoms with Gasteiger partial charge in [0, 0.05) is 6.42 Å². The van der Waals surface area contributed by atoms with E-state index < -0.39 is 20.0 Å². The fourth-order valence-corrected chi connectivity index (χ4v) is 13.9. The van der Waals surface area contributed by atoms with Crippen molar-refractivity contribution in [3.8, 4) is 0 Å². The Bertz CT molecular complexity index is 1610. The number of quaternary nitrogens is 1. The number of carbonyl (C=O) groups excluding carboxylic acids is 1. The molecule has 8 nitrogen and oxygen atoms in total.